The highest BCUT2D eigenvalue weighted by Crippen LogP contribution is 2.23. The number of hydrogen-bond acceptors (Lipinski definition) is 5. The number of nitrogens with two attached hydrogens (primary N) is 1. The van der Waals surface area contributed by atoms with Gasteiger partial charge in [-0.05, 0) is 36.8 Å². The Labute approximate surface area is 124 Å². The summed E-state index contributed by atoms with van der Waals surface area (Å²) in [6, 6.07) is 9.47. The second-order valence-corrected chi connectivity index (χ2v) is 4.74. The summed E-state index contributed by atoms with van der Waals surface area (Å²) in [7, 11) is 1.35. The average molecular weight is 285 g/mol. The van der Waals surface area contributed by atoms with Crippen molar-refractivity contribution in [1.29, 1.82) is 0 Å². The zero-order chi connectivity index (χ0) is 15.2. The molecular formula is C16H19N3O2. The number of pyridine rings is 1. The number of anilines is 2. The van der Waals surface area contributed by atoms with Crippen LogP contribution in [0.15, 0.2) is 36.5 Å². The first-order chi connectivity index (χ1) is 10.1. The second-order valence-electron chi connectivity index (χ2n) is 4.74. The van der Waals surface area contributed by atoms with Gasteiger partial charge in [-0.2, -0.15) is 0 Å². The van der Waals surface area contributed by atoms with Crippen molar-refractivity contribution < 1.29 is 9.53 Å². The number of carbonyl (C=O) groups is 1. The van der Waals surface area contributed by atoms with Crippen LogP contribution in [0.25, 0.3) is 0 Å². The fourth-order valence-electron chi connectivity index (χ4n) is 2.06. The molecule has 2 rings (SSSR count). The van der Waals surface area contributed by atoms with E-state index in [4.69, 9.17) is 10.5 Å². The number of carbonyl (C=O) groups excluding carboxylic acids is 1. The summed E-state index contributed by atoms with van der Waals surface area (Å²) < 4.78 is 4.74. The van der Waals surface area contributed by atoms with Crippen molar-refractivity contribution in [2.24, 2.45) is 0 Å². The van der Waals surface area contributed by atoms with Crippen molar-refractivity contribution in [2.45, 2.75) is 13.3 Å². The van der Waals surface area contributed by atoms with E-state index in [9.17, 15) is 4.79 Å². The van der Waals surface area contributed by atoms with E-state index in [2.05, 4.69) is 10.3 Å². The summed E-state index contributed by atoms with van der Waals surface area (Å²) in [6.07, 6.45) is 2.58. The van der Waals surface area contributed by atoms with Gasteiger partial charge in [0.2, 0.25) is 0 Å². The Hall–Kier alpha value is -2.56. The summed E-state index contributed by atoms with van der Waals surface area (Å²) in [5.41, 5.74) is 9.46. The van der Waals surface area contributed by atoms with Crippen molar-refractivity contribution in [3.05, 3.63) is 53.3 Å². The Morgan fingerprint density at radius 3 is 2.86 bits per heavy atom. The lowest BCUT2D eigenvalue weighted by Crippen LogP contribution is -2.10. The number of nitrogens with one attached hydrogen (secondary N) is 1. The minimum absolute atomic E-state index is 0.387. The van der Waals surface area contributed by atoms with Gasteiger partial charge >= 0.3 is 5.97 Å². The lowest BCUT2D eigenvalue weighted by Gasteiger charge is -2.12. The van der Waals surface area contributed by atoms with Crippen molar-refractivity contribution in [2.75, 3.05) is 24.7 Å². The first kappa shape index (κ1) is 14.8. The van der Waals surface area contributed by atoms with Crippen LogP contribution in [0, 0.1) is 6.92 Å². The third kappa shape index (κ3) is 3.72. The number of aryl methyl sites for hydroxylation is 1. The van der Waals surface area contributed by atoms with Crippen LogP contribution < -0.4 is 11.1 Å². The van der Waals surface area contributed by atoms with Gasteiger partial charge in [-0.25, -0.2) is 4.79 Å². The Kier molecular flexibility index (Phi) is 4.77. The molecule has 0 saturated heterocycles. The van der Waals surface area contributed by atoms with Crippen LogP contribution in [-0.2, 0) is 11.2 Å². The zero-order valence-electron chi connectivity index (χ0n) is 12.2. The van der Waals surface area contributed by atoms with E-state index in [0.29, 0.717) is 11.3 Å². The Morgan fingerprint density at radius 1 is 1.38 bits per heavy atom. The van der Waals surface area contributed by atoms with Gasteiger partial charge in [0.15, 0.2) is 0 Å². The fraction of sp³-hybridized carbons (Fsp3) is 0.250. The molecule has 0 aliphatic carbocycles. The van der Waals surface area contributed by atoms with Gasteiger partial charge in [0.05, 0.1) is 12.7 Å². The molecule has 21 heavy (non-hydrogen) atoms. The number of nitrogen functional groups attached to an aromatic ring is 1. The number of ether oxygens (including phenoxy) is 1. The van der Waals surface area contributed by atoms with Crippen LogP contribution in [0.1, 0.15) is 21.6 Å². The van der Waals surface area contributed by atoms with Crippen molar-refractivity contribution >= 4 is 17.3 Å². The predicted octanol–water partition coefficient (Wildman–Crippen LogP) is 2.41. The molecule has 0 bridgehead atoms. The highest BCUT2D eigenvalue weighted by atomic mass is 16.5. The smallest absolute Gasteiger partial charge is 0.340 e. The molecule has 5 heteroatoms. The maximum Gasteiger partial charge on any atom is 0.340 e. The first-order valence-corrected chi connectivity index (χ1v) is 6.74. The average Bonchev–Trinajstić information content (AvgIpc) is 2.51. The van der Waals surface area contributed by atoms with Gasteiger partial charge in [-0.3, -0.25) is 4.98 Å². The number of rotatable bonds is 5. The predicted molar refractivity (Wildman–Crippen MR) is 83.4 cm³/mol. The molecule has 0 unspecified atom stereocenters. The van der Waals surface area contributed by atoms with Crippen molar-refractivity contribution in [3.63, 3.8) is 0 Å². The lowest BCUT2D eigenvalue weighted by atomic mass is 10.1. The summed E-state index contributed by atoms with van der Waals surface area (Å²) in [4.78, 5) is 16.0. The van der Waals surface area contributed by atoms with Gasteiger partial charge in [0.1, 0.15) is 0 Å². The molecule has 1 heterocycles. The largest absolute Gasteiger partial charge is 0.465 e. The van der Waals surface area contributed by atoms with Crippen LogP contribution in [0.4, 0.5) is 11.4 Å². The number of aromatic nitrogens is 1. The number of esters is 1. The van der Waals surface area contributed by atoms with E-state index >= 15 is 0 Å². The topological polar surface area (TPSA) is 77.2 Å². The molecule has 0 saturated carbocycles. The fourth-order valence-corrected chi connectivity index (χ4v) is 2.06. The van der Waals surface area contributed by atoms with E-state index in [1.807, 2.05) is 31.2 Å². The molecular weight excluding hydrogens is 266 g/mol. The maximum absolute atomic E-state index is 11.7. The minimum Gasteiger partial charge on any atom is -0.465 e. The van der Waals surface area contributed by atoms with Crippen molar-refractivity contribution in [1.82, 2.24) is 4.98 Å². The molecule has 1 aromatic carbocycles. The molecule has 0 amide bonds. The lowest BCUT2D eigenvalue weighted by molar-refractivity contribution is 0.0602. The molecule has 5 nitrogen and oxygen atoms in total. The molecule has 0 spiro atoms. The molecule has 110 valence electrons. The second kappa shape index (κ2) is 6.74. The van der Waals surface area contributed by atoms with E-state index in [0.717, 1.165) is 29.9 Å². The highest BCUT2D eigenvalue weighted by molar-refractivity contribution is 5.97. The van der Waals surface area contributed by atoms with Crippen LogP contribution in [0.2, 0.25) is 0 Å². The first-order valence-electron chi connectivity index (χ1n) is 6.74. The van der Waals surface area contributed by atoms with E-state index < -0.39 is 5.97 Å². The number of hydrogen-bond donors (Lipinski definition) is 2. The van der Waals surface area contributed by atoms with Gasteiger partial charge in [0, 0.05) is 36.2 Å². The Bertz CT molecular complexity index is 627. The summed E-state index contributed by atoms with van der Waals surface area (Å²) in [6.45, 7) is 2.59. The summed E-state index contributed by atoms with van der Waals surface area (Å²) >= 11 is 0. The molecule has 0 radical (unpaired) electrons. The normalized spacial score (nSPS) is 10.2. The summed E-state index contributed by atoms with van der Waals surface area (Å²) in [5.74, 6) is -0.427. The van der Waals surface area contributed by atoms with Crippen LogP contribution in [0.3, 0.4) is 0 Å². The van der Waals surface area contributed by atoms with Crippen LogP contribution in [-0.4, -0.2) is 24.6 Å². The minimum atomic E-state index is -0.427. The SMILES string of the molecule is COC(=O)c1cc(NCCc2ccccn2)cc(C)c1N. The van der Waals surface area contributed by atoms with Crippen LogP contribution in [0.5, 0.6) is 0 Å². The quantitative estimate of drug-likeness (QED) is 0.651. The third-order valence-corrected chi connectivity index (χ3v) is 3.23. The molecule has 0 fully saturated rings. The van der Waals surface area contributed by atoms with E-state index in [1.54, 1.807) is 12.3 Å². The molecule has 1 aromatic heterocycles. The number of nitrogens with zero attached hydrogens (tertiary/aromatic N) is 1. The Morgan fingerprint density at radius 2 is 2.19 bits per heavy atom. The molecule has 2 aromatic rings. The van der Waals surface area contributed by atoms with Crippen molar-refractivity contribution in [3.8, 4) is 0 Å². The molecule has 0 aliphatic rings. The van der Waals surface area contributed by atoms with Gasteiger partial charge in [0.25, 0.3) is 0 Å². The summed E-state index contributed by atoms with van der Waals surface area (Å²) in [5, 5.41) is 3.28. The van der Waals surface area contributed by atoms with E-state index in [-0.39, 0.29) is 0 Å². The third-order valence-electron chi connectivity index (χ3n) is 3.23. The Balaban J connectivity index is 2.06. The van der Waals surface area contributed by atoms with Crippen LogP contribution >= 0.6 is 0 Å². The number of benzene rings is 1. The van der Waals surface area contributed by atoms with Gasteiger partial charge < -0.3 is 15.8 Å². The monoisotopic (exact) mass is 285 g/mol. The van der Waals surface area contributed by atoms with Gasteiger partial charge in [-0.15, -0.1) is 0 Å². The standard InChI is InChI=1S/C16H19N3O2/c1-11-9-13(10-14(15(11)17)16(20)21-2)19-8-6-12-5-3-4-7-18-12/h3-5,7,9-10,19H,6,8,17H2,1-2H3. The maximum atomic E-state index is 11.7. The highest BCUT2D eigenvalue weighted by Gasteiger charge is 2.13. The van der Waals surface area contributed by atoms with E-state index in [1.165, 1.54) is 7.11 Å². The molecule has 3 N–H and O–H groups in total. The zero-order valence-corrected chi connectivity index (χ0v) is 12.2. The van der Waals surface area contributed by atoms with Gasteiger partial charge in [-0.1, -0.05) is 6.07 Å². The number of methoxy groups -OCH3 is 1. The molecule has 0 aliphatic heterocycles. The molecule has 0 atom stereocenters.